The minimum atomic E-state index is -0.746. The maximum atomic E-state index is 12.6. The fourth-order valence-electron chi connectivity index (χ4n) is 3.52. The van der Waals surface area contributed by atoms with Crippen LogP contribution in [-0.2, 0) is 15.5 Å². The van der Waals surface area contributed by atoms with E-state index in [-0.39, 0.29) is 11.4 Å². The number of ether oxygens (including phenoxy) is 1. The molecular formula is C15H29NO2S. The standard InChI is InChI=1S/C15H29NO2S/c1-3-16-14(13-7-5-4-6-8-13)11-19(17)15-9-10-18-12(15)2/h12-16H,3-11H2,1-2H3. The highest BCUT2D eigenvalue weighted by Gasteiger charge is 2.32. The Kier molecular flexibility index (Phi) is 6.30. The third kappa shape index (κ3) is 4.27. The summed E-state index contributed by atoms with van der Waals surface area (Å²) in [5.41, 5.74) is 0. The second-order valence-corrected chi connectivity index (χ2v) is 7.71. The van der Waals surface area contributed by atoms with Crippen LogP contribution in [0.5, 0.6) is 0 Å². The summed E-state index contributed by atoms with van der Waals surface area (Å²) >= 11 is 0. The highest BCUT2D eigenvalue weighted by Crippen LogP contribution is 2.28. The number of hydrogen-bond acceptors (Lipinski definition) is 3. The van der Waals surface area contributed by atoms with Crippen molar-refractivity contribution in [3.8, 4) is 0 Å². The first-order valence-electron chi connectivity index (χ1n) is 7.94. The fraction of sp³-hybridized carbons (Fsp3) is 1.00. The second-order valence-electron chi connectivity index (χ2n) is 6.01. The van der Waals surface area contributed by atoms with Gasteiger partial charge >= 0.3 is 0 Å². The molecular weight excluding hydrogens is 258 g/mol. The van der Waals surface area contributed by atoms with Crippen molar-refractivity contribution in [3.63, 3.8) is 0 Å². The van der Waals surface area contributed by atoms with Crippen molar-refractivity contribution in [1.82, 2.24) is 5.32 Å². The Balaban J connectivity index is 1.89. The molecule has 112 valence electrons. The Morgan fingerprint density at radius 2 is 2.00 bits per heavy atom. The van der Waals surface area contributed by atoms with Crippen molar-refractivity contribution >= 4 is 10.8 Å². The third-order valence-corrected chi connectivity index (χ3v) is 6.66. The summed E-state index contributed by atoms with van der Waals surface area (Å²) < 4.78 is 18.1. The fourth-order valence-corrected chi connectivity index (χ4v) is 5.37. The van der Waals surface area contributed by atoms with E-state index >= 15 is 0 Å². The maximum Gasteiger partial charge on any atom is 0.0691 e. The van der Waals surface area contributed by atoms with Gasteiger partial charge in [-0.3, -0.25) is 4.21 Å². The molecule has 1 saturated carbocycles. The van der Waals surface area contributed by atoms with Crippen LogP contribution in [0.4, 0.5) is 0 Å². The summed E-state index contributed by atoms with van der Waals surface area (Å²) in [7, 11) is -0.746. The zero-order valence-electron chi connectivity index (χ0n) is 12.4. The predicted molar refractivity (Wildman–Crippen MR) is 80.9 cm³/mol. The average Bonchev–Trinajstić information content (AvgIpc) is 2.85. The van der Waals surface area contributed by atoms with Gasteiger partial charge in [-0.2, -0.15) is 0 Å². The molecule has 0 bridgehead atoms. The summed E-state index contributed by atoms with van der Waals surface area (Å²) in [6, 6.07) is 0.443. The van der Waals surface area contributed by atoms with Gasteiger partial charge in [0.05, 0.1) is 11.4 Å². The molecule has 1 aliphatic heterocycles. The highest BCUT2D eigenvalue weighted by atomic mass is 32.2. The minimum Gasteiger partial charge on any atom is -0.377 e. The van der Waals surface area contributed by atoms with E-state index < -0.39 is 10.8 Å². The van der Waals surface area contributed by atoms with E-state index in [0.29, 0.717) is 6.04 Å². The van der Waals surface area contributed by atoms with Gasteiger partial charge in [-0.25, -0.2) is 0 Å². The monoisotopic (exact) mass is 287 g/mol. The van der Waals surface area contributed by atoms with Crippen molar-refractivity contribution < 1.29 is 8.95 Å². The lowest BCUT2D eigenvalue weighted by Gasteiger charge is -2.31. The molecule has 4 heteroatoms. The topological polar surface area (TPSA) is 38.3 Å². The molecule has 0 radical (unpaired) electrons. The molecule has 1 saturated heterocycles. The summed E-state index contributed by atoms with van der Waals surface area (Å²) in [5.74, 6) is 1.55. The van der Waals surface area contributed by atoms with Gasteiger partial charge in [0.25, 0.3) is 0 Å². The van der Waals surface area contributed by atoms with Crippen LogP contribution in [0.2, 0.25) is 0 Å². The molecule has 4 unspecified atom stereocenters. The normalized spacial score (nSPS) is 32.3. The van der Waals surface area contributed by atoms with E-state index in [1.165, 1.54) is 32.1 Å². The number of rotatable bonds is 6. The smallest absolute Gasteiger partial charge is 0.0691 e. The molecule has 2 rings (SSSR count). The second kappa shape index (κ2) is 7.75. The first-order valence-corrected chi connectivity index (χ1v) is 9.32. The first kappa shape index (κ1) is 15.5. The quantitative estimate of drug-likeness (QED) is 0.815. The first-order chi connectivity index (χ1) is 9.22. The van der Waals surface area contributed by atoms with Gasteiger partial charge in [0, 0.05) is 29.2 Å². The molecule has 19 heavy (non-hydrogen) atoms. The number of hydrogen-bond donors (Lipinski definition) is 1. The molecule has 0 spiro atoms. The van der Waals surface area contributed by atoms with Crippen LogP contribution in [0.15, 0.2) is 0 Å². The van der Waals surface area contributed by atoms with E-state index in [4.69, 9.17) is 4.74 Å². The molecule has 1 heterocycles. The van der Waals surface area contributed by atoms with E-state index in [2.05, 4.69) is 19.2 Å². The average molecular weight is 287 g/mol. The summed E-state index contributed by atoms with van der Waals surface area (Å²) in [6.07, 6.45) is 7.85. The van der Waals surface area contributed by atoms with Crippen molar-refractivity contribution in [2.75, 3.05) is 18.9 Å². The molecule has 2 fully saturated rings. The van der Waals surface area contributed by atoms with E-state index in [0.717, 1.165) is 31.2 Å². The Labute approximate surface area is 120 Å². The van der Waals surface area contributed by atoms with Gasteiger partial charge in [0.2, 0.25) is 0 Å². The van der Waals surface area contributed by atoms with Gasteiger partial charge in [-0.1, -0.05) is 26.2 Å². The molecule has 4 atom stereocenters. The third-order valence-electron chi connectivity index (χ3n) is 4.67. The van der Waals surface area contributed by atoms with E-state index in [1.54, 1.807) is 0 Å². The van der Waals surface area contributed by atoms with Crippen molar-refractivity contribution in [2.45, 2.75) is 69.8 Å². The molecule has 0 aromatic rings. The van der Waals surface area contributed by atoms with Crippen molar-refractivity contribution in [1.29, 1.82) is 0 Å². The highest BCUT2D eigenvalue weighted by molar-refractivity contribution is 7.85. The van der Waals surface area contributed by atoms with Crippen molar-refractivity contribution in [2.24, 2.45) is 5.92 Å². The molecule has 0 amide bonds. The molecule has 3 nitrogen and oxygen atoms in total. The Hall–Kier alpha value is 0.0700. The van der Waals surface area contributed by atoms with Crippen molar-refractivity contribution in [3.05, 3.63) is 0 Å². The lowest BCUT2D eigenvalue weighted by Crippen LogP contribution is -2.43. The molecule has 2 aliphatic rings. The molecule has 1 aliphatic carbocycles. The summed E-state index contributed by atoms with van der Waals surface area (Å²) in [6.45, 7) is 5.99. The summed E-state index contributed by atoms with van der Waals surface area (Å²) in [5, 5.41) is 3.84. The van der Waals surface area contributed by atoms with Gasteiger partial charge in [0.15, 0.2) is 0 Å². The van der Waals surface area contributed by atoms with Crippen LogP contribution in [0.1, 0.15) is 52.4 Å². The molecule has 0 aromatic heterocycles. The minimum absolute atomic E-state index is 0.175. The number of nitrogens with one attached hydrogen (secondary N) is 1. The van der Waals surface area contributed by atoms with Crippen LogP contribution in [0, 0.1) is 5.92 Å². The van der Waals surface area contributed by atoms with E-state index in [9.17, 15) is 4.21 Å². The van der Waals surface area contributed by atoms with Crippen LogP contribution >= 0.6 is 0 Å². The van der Waals surface area contributed by atoms with Gasteiger partial charge in [-0.05, 0) is 38.6 Å². The SMILES string of the molecule is CCNC(CS(=O)C1CCOC1C)C1CCCCC1. The lowest BCUT2D eigenvalue weighted by molar-refractivity contribution is 0.127. The predicted octanol–water partition coefficient (Wildman–Crippen LogP) is 2.47. The summed E-state index contributed by atoms with van der Waals surface area (Å²) in [4.78, 5) is 0. The lowest BCUT2D eigenvalue weighted by atomic mass is 9.84. The molecule has 1 N–H and O–H groups in total. The van der Waals surface area contributed by atoms with Crippen LogP contribution < -0.4 is 5.32 Å². The van der Waals surface area contributed by atoms with Gasteiger partial charge in [0.1, 0.15) is 0 Å². The van der Waals surface area contributed by atoms with Crippen LogP contribution in [0.25, 0.3) is 0 Å². The Morgan fingerprint density at radius 1 is 1.26 bits per heavy atom. The van der Waals surface area contributed by atoms with Crippen LogP contribution in [0.3, 0.4) is 0 Å². The largest absolute Gasteiger partial charge is 0.377 e. The van der Waals surface area contributed by atoms with Crippen LogP contribution in [-0.4, -0.2) is 40.5 Å². The molecule has 0 aromatic carbocycles. The zero-order valence-corrected chi connectivity index (χ0v) is 13.2. The Morgan fingerprint density at radius 3 is 2.58 bits per heavy atom. The van der Waals surface area contributed by atoms with Gasteiger partial charge < -0.3 is 10.1 Å². The van der Waals surface area contributed by atoms with Gasteiger partial charge in [-0.15, -0.1) is 0 Å². The van der Waals surface area contributed by atoms with E-state index in [1.807, 2.05) is 0 Å². The Bertz CT molecular complexity index is 292. The maximum absolute atomic E-state index is 12.6. The zero-order chi connectivity index (χ0) is 13.7.